The summed E-state index contributed by atoms with van der Waals surface area (Å²) in [5.74, 6) is -2.77. The molecule has 0 fully saturated rings. The summed E-state index contributed by atoms with van der Waals surface area (Å²) in [4.78, 5) is 12.5. The van der Waals surface area contributed by atoms with E-state index in [-0.39, 0.29) is 12.4 Å². The monoisotopic (exact) mass is 333 g/mol. The highest BCUT2D eigenvalue weighted by Gasteiger charge is 2.35. The molecule has 0 aliphatic rings. The lowest BCUT2D eigenvalue weighted by Gasteiger charge is -2.21. The molecule has 0 aliphatic heterocycles. The number of carbonyl (C=O) groups excluding carboxylic acids is 1. The zero-order valence-electron chi connectivity index (χ0n) is 10.4. The van der Waals surface area contributed by atoms with Crippen LogP contribution >= 0.6 is 11.6 Å². The number of rotatable bonds is 5. The Balaban J connectivity index is 3.11. The van der Waals surface area contributed by atoms with Crippen molar-refractivity contribution in [1.29, 1.82) is 0 Å². The van der Waals surface area contributed by atoms with E-state index in [1.807, 2.05) is 0 Å². The Morgan fingerprint density at radius 3 is 2.38 bits per heavy atom. The van der Waals surface area contributed by atoms with Gasteiger partial charge >= 0.3 is 6.18 Å². The van der Waals surface area contributed by atoms with Crippen molar-refractivity contribution >= 4 is 17.5 Å². The Morgan fingerprint density at radius 1 is 1.29 bits per heavy atom. The standard InChI is InChI=1S/C12H10ClF6NO/c13-3-4-20(6-10(15)16)11(21)7-1-2-9(14)8(5-7)12(17,18)19/h1-2,5,10H,3-4,6H2. The first-order valence-corrected chi connectivity index (χ1v) is 6.20. The van der Waals surface area contributed by atoms with Gasteiger partial charge in [-0.3, -0.25) is 4.79 Å². The van der Waals surface area contributed by atoms with Gasteiger partial charge in [0.05, 0.1) is 12.1 Å². The lowest BCUT2D eigenvalue weighted by atomic mass is 10.1. The van der Waals surface area contributed by atoms with Crippen molar-refractivity contribution in [3.05, 3.63) is 35.1 Å². The fourth-order valence-corrected chi connectivity index (χ4v) is 1.81. The molecule has 0 aliphatic carbocycles. The minimum atomic E-state index is -4.99. The van der Waals surface area contributed by atoms with Gasteiger partial charge in [-0.2, -0.15) is 13.2 Å². The Kier molecular flexibility index (Phi) is 5.88. The number of hydrogen-bond acceptors (Lipinski definition) is 1. The van der Waals surface area contributed by atoms with Crippen LogP contribution in [0.3, 0.4) is 0 Å². The zero-order chi connectivity index (χ0) is 16.2. The molecule has 0 heterocycles. The van der Waals surface area contributed by atoms with Crippen LogP contribution in [0.5, 0.6) is 0 Å². The second-order valence-electron chi connectivity index (χ2n) is 4.02. The summed E-state index contributed by atoms with van der Waals surface area (Å²) < 4.78 is 75.4. The van der Waals surface area contributed by atoms with Gasteiger partial charge in [-0.25, -0.2) is 13.2 Å². The maximum atomic E-state index is 13.1. The number of alkyl halides is 6. The van der Waals surface area contributed by atoms with E-state index in [4.69, 9.17) is 11.6 Å². The average Bonchev–Trinajstić information content (AvgIpc) is 2.36. The van der Waals surface area contributed by atoms with Crippen LogP contribution in [0.15, 0.2) is 18.2 Å². The topological polar surface area (TPSA) is 20.3 Å². The normalized spacial score (nSPS) is 11.8. The molecule has 9 heteroatoms. The van der Waals surface area contributed by atoms with Crippen molar-refractivity contribution in [1.82, 2.24) is 4.90 Å². The molecule has 0 saturated heterocycles. The van der Waals surface area contributed by atoms with E-state index < -0.39 is 42.0 Å². The number of carbonyl (C=O) groups is 1. The van der Waals surface area contributed by atoms with Gasteiger partial charge in [0.2, 0.25) is 0 Å². The molecule has 0 bridgehead atoms. The van der Waals surface area contributed by atoms with Crippen LogP contribution in [0.1, 0.15) is 15.9 Å². The molecule has 21 heavy (non-hydrogen) atoms. The van der Waals surface area contributed by atoms with Crippen LogP contribution in [-0.4, -0.2) is 36.2 Å². The lowest BCUT2D eigenvalue weighted by Crippen LogP contribution is -2.36. The molecular formula is C12H10ClF6NO. The predicted molar refractivity (Wildman–Crippen MR) is 64.0 cm³/mol. The molecule has 0 radical (unpaired) electrons. The van der Waals surface area contributed by atoms with E-state index >= 15 is 0 Å². The highest BCUT2D eigenvalue weighted by atomic mass is 35.5. The first-order valence-electron chi connectivity index (χ1n) is 5.67. The van der Waals surface area contributed by atoms with Gasteiger partial charge in [0.1, 0.15) is 5.82 Å². The highest BCUT2D eigenvalue weighted by Crippen LogP contribution is 2.32. The first-order chi connectivity index (χ1) is 9.66. The van der Waals surface area contributed by atoms with Gasteiger partial charge in [0.25, 0.3) is 12.3 Å². The van der Waals surface area contributed by atoms with E-state index in [0.717, 1.165) is 6.07 Å². The molecule has 118 valence electrons. The van der Waals surface area contributed by atoms with E-state index in [2.05, 4.69) is 0 Å². The number of nitrogens with zero attached hydrogens (tertiary/aromatic N) is 1. The van der Waals surface area contributed by atoms with Gasteiger partial charge < -0.3 is 4.90 Å². The van der Waals surface area contributed by atoms with Crippen LogP contribution in [0.4, 0.5) is 26.3 Å². The predicted octanol–water partition coefficient (Wildman–Crippen LogP) is 3.79. The number of halogens is 7. The molecule has 0 unspecified atom stereocenters. The lowest BCUT2D eigenvalue weighted by molar-refractivity contribution is -0.140. The van der Waals surface area contributed by atoms with Crippen LogP contribution in [-0.2, 0) is 6.18 Å². The zero-order valence-corrected chi connectivity index (χ0v) is 11.2. The maximum Gasteiger partial charge on any atom is 0.419 e. The van der Waals surface area contributed by atoms with Gasteiger partial charge in [-0.1, -0.05) is 0 Å². The molecule has 2 nitrogen and oxygen atoms in total. The third-order valence-electron chi connectivity index (χ3n) is 2.52. The SMILES string of the molecule is O=C(c1ccc(F)c(C(F)(F)F)c1)N(CCCl)CC(F)F. The third-order valence-corrected chi connectivity index (χ3v) is 2.69. The summed E-state index contributed by atoms with van der Waals surface area (Å²) >= 11 is 5.36. The van der Waals surface area contributed by atoms with Gasteiger partial charge in [-0.05, 0) is 18.2 Å². The molecular weight excluding hydrogens is 324 g/mol. The van der Waals surface area contributed by atoms with Gasteiger partial charge in [0.15, 0.2) is 0 Å². The molecule has 0 aromatic heterocycles. The van der Waals surface area contributed by atoms with Gasteiger partial charge in [0, 0.05) is 18.0 Å². The van der Waals surface area contributed by atoms with Crippen molar-refractivity contribution in [2.24, 2.45) is 0 Å². The summed E-state index contributed by atoms with van der Waals surface area (Å²) in [6, 6.07) is 1.57. The summed E-state index contributed by atoms with van der Waals surface area (Å²) in [5, 5.41) is 0. The van der Waals surface area contributed by atoms with Crippen molar-refractivity contribution in [2.75, 3.05) is 19.0 Å². The van der Waals surface area contributed by atoms with E-state index in [9.17, 15) is 31.1 Å². The maximum absolute atomic E-state index is 13.1. The largest absolute Gasteiger partial charge is 0.419 e. The smallest absolute Gasteiger partial charge is 0.332 e. The van der Waals surface area contributed by atoms with Crippen molar-refractivity contribution in [3.8, 4) is 0 Å². The quantitative estimate of drug-likeness (QED) is 0.593. The molecule has 0 atom stereocenters. The first kappa shape index (κ1) is 17.6. The Labute approximate surface area is 121 Å². The summed E-state index contributed by atoms with van der Waals surface area (Å²) in [7, 11) is 0. The minimum absolute atomic E-state index is 0.161. The summed E-state index contributed by atoms with van der Waals surface area (Å²) in [6.07, 6.45) is -7.85. The van der Waals surface area contributed by atoms with Crippen LogP contribution < -0.4 is 0 Å². The molecule has 1 rings (SSSR count). The minimum Gasteiger partial charge on any atom is -0.332 e. The van der Waals surface area contributed by atoms with Crippen LogP contribution in [0.25, 0.3) is 0 Å². The molecule has 1 amide bonds. The van der Waals surface area contributed by atoms with Crippen molar-refractivity contribution in [2.45, 2.75) is 12.6 Å². The fourth-order valence-electron chi connectivity index (χ4n) is 1.60. The second kappa shape index (κ2) is 7.02. The van der Waals surface area contributed by atoms with Crippen molar-refractivity contribution < 1.29 is 31.1 Å². The highest BCUT2D eigenvalue weighted by molar-refractivity contribution is 6.18. The van der Waals surface area contributed by atoms with Crippen LogP contribution in [0.2, 0.25) is 0 Å². The van der Waals surface area contributed by atoms with E-state index in [0.29, 0.717) is 17.0 Å². The molecule has 1 aromatic carbocycles. The average molecular weight is 334 g/mol. The Morgan fingerprint density at radius 2 is 1.90 bits per heavy atom. The molecule has 0 saturated carbocycles. The Bertz CT molecular complexity index is 505. The third kappa shape index (κ3) is 4.80. The summed E-state index contributed by atoms with van der Waals surface area (Å²) in [5.41, 5.74) is -2.16. The molecule has 0 N–H and O–H groups in total. The van der Waals surface area contributed by atoms with Gasteiger partial charge in [-0.15, -0.1) is 11.6 Å². The van der Waals surface area contributed by atoms with E-state index in [1.54, 1.807) is 0 Å². The number of hydrogen-bond donors (Lipinski definition) is 0. The molecule has 0 spiro atoms. The van der Waals surface area contributed by atoms with E-state index in [1.165, 1.54) is 0 Å². The second-order valence-corrected chi connectivity index (χ2v) is 4.40. The fraction of sp³-hybridized carbons (Fsp3) is 0.417. The number of amides is 1. The Hall–Kier alpha value is -1.44. The number of benzene rings is 1. The van der Waals surface area contributed by atoms with Crippen molar-refractivity contribution in [3.63, 3.8) is 0 Å². The molecule has 1 aromatic rings. The summed E-state index contributed by atoms with van der Waals surface area (Å²) in [6.45, 7) is -1.23. The van der Waals surface area contributed by atoms with Crippen LogP contribution in [0, 0.1) is 5.82 Å².